The Labute approximate surface area is 130 Å². The van der Waals surface area contributed by atoms with Crippen LogP contribution in [-0.2, 0) is 6.54 Å². The first-order chi connectivity index (χ1) is 8.20. The Morgan fingerprint density at radius 3 is 2.56 bits per heavy atom. The number of rotatable bonds is 2. The smallest absolute Gasteiger partial charge is 0.193 e. The molecular weight excluding hydrogens is 359 g/mol. The number of thiazole rings is 1. The van der Waals surface area contributed by atoms with Crippen molar-refractivity contribution in [3.8, 4) is 0 Å². The highest BCUT2D eigenvalue weighted by Crippen LogP contribution is 2.16. The van der Waals surface area contributed by atoms with Gasteiger partial charge >= 0.3 is 0 Å². The summed E-state index contributed by atoms with van der Waals surface area (Å²) >= 11 is 1.76. The molecule has 1 N–H and O–H groups in total. The van der Waals surface area contributed by atoms with Crippen LogP contribution in [0.4, 0.5) is 0 Å². The van der Waals surface area contributed by atoms with Gasteiger partial charge in [0.05, 0.1) is 12.2 Å². The first kappa shape index (κ1) is 15.7. The summed E-state index contributed by atoms with van der Waals surface area (Å²) in [4.78, 5) is 12.5. The predicted octanol–water partition coefficient (Wildman–Crippen LogP) is 2.55. The molecule has 4 nitrogen and oxygen atoms in total. The fourth-order valence-electron chi connectivity index (χ4n) is 2.03. The molecule has 6 heteroatoms. The van der Waals surface area contributed by atoms with Crippen molar-refractivity contribution < 1.29 is 0 Å². The van der Waals surface area contributed by atoms with E-state index in [1.54, 1.807) is 11.3 Å². The molecule has 0 radical (unpaired) electrons. The van der Waals surface area contributed by atoms with E-state index in [0.29, 0.717) is 0 Å². The van der Waals surface area contributed by atoms with Gasteiger partial charge in [0.2, 0.25) is 0 Å². The van der Waals surface area contributed by atoms with Crippen molar-refractivity contribution in [1.29, 1.82) is 0 Å². The molecule has 0 saturated carbocycles. The van der Waals surface area contributed by atoms with Gasteiger partial charge in [-0.2, -0.15) is 0 Å². The van der Waals surface area contributed by atoms with Gasteiger partial charge < -0.3 is 10.2 Å². The zero-order valence-electron chi connectivity index (χ0n) is 11.2. The van der Waals surface area contributed by atoms with Gasteiger partial charge in [0, 0.05) is 25.0 Å². The van der Waals surface area contributed by atoms with Crippen molar-refractivity contribution in [1.82, 2.24) is 15.2 Å². The van der Waals surface area contributed by atoms with Crippen LogP contribution in [0, 0.1) is 13.8 Å². The molecular formula is C12H21IN4S. The SMILES string of the molecule is CN=C(NCc1nc(C)c(C)s1)N1CCCC1.I. The first-order valence-corrected chi connectivity index (χ1v) is 6.91. The summed E-state index contributed by atoms with van der Waals surface area (Å²) in [5.74, 6) is 1.01. The monoisotopic (exact) mass is 380 g/mol. The summed E-state index contributed by atoms with van der Waals surface area (Å²) in [6.45, 7) is 7.20. The molecule has 0 aromatic carbocycles. The van der Waals surface area contributed by atoms with Crippen molar-refractivity contribution in [3.63, 3.8) is 0 Å². The lowest BCUT2D eigenvalue weighted by Gasteiger charge is -2.20. The summed E-state index contributed by atoms with van der Waals surface area (Å²) < 4.78 is 0. The van der Waals surface area contributed by atoms with Crippen LogP contribution in [0.25, 0.3) is 0 Å². The molecule has 0 aliphatic carbocycles. The van der Waals surface area contributed by atoms with Crippen molar-refractivity contribution >= 4 is 41.3 Å². The molecule has 0 atom stereocenters. The Morgan fingerprint density at radius 1 is 1.39 bits per heavy atom. The Bertz CT molecular complexity index is 391. The van der Waals surface area contributed by atoms with E-state index in [2.05, 4.69) is 34.0 Å². The van der Waals surface area contributed by atoms with Crippen molar-refractivity contribution in [2.45, 2.75) is 33.2 Å². The molecule has 1 saturated heterocycles. The summed E-state index contributed by atoms with van der Waals surface area (Å²) in [6.07, 6.45) is 2.55. The zero-order chi connectivity index (χ0) is 12.3. The Kier molecular flexibility index (Phi) is 6.34. The normalized spacial score (nSPS) is 15.7. The maximum Gasteiger partial charge on any atom is 0.193 e. The van der Waals surface area contributed by atoms with Crippen LogP contribution in [-0.4, -0.2) is 36.0 Å². The average molecular weight is 380 g/mol. The number of likely N-dealkylation sites (tertiary alicyclic amines) is 1. The van der Waals surface area contributed by atoms with Crippen molar-refractivity contribution in [3.05, 3.63) is 15.6 Å². The topological polar surface area (TPSA) is 40.5 Å². The van der Waals surface area contributed by atoms with E-state index in [9.17, 15) is 0 Å². The minimum Gasteiger partial charge on any atom is -0.350 e. The quantitative estimate of drug-likeness (QED) is 0.487. The predicted molar refractivity (Wildman–Crippen MR) is 88.0 cm³/mol. The van der Waals surface area contributed by atoms with Gasteiger partial charge in [-0.05, 0) is 26.7 Å². The number of hydrogen-bond donors (Lipinski definition) is 1. The number of nitrogens with zero attached hydrogens (tertiary/aromatic N) is 3. The van der Waals surface area contributed by atoms with Gasteiger partial charge in [0.15, 0.2) is 5.96 Å². The summed E-state index contributed by atoms with van der Waals surface area (Å²) in [6, 6.07) is 0. The molecule has 0 amide bonds. The van der Waals surface area contributed by atoms with Crippen molar-refractivity contribution in [2.24, 2.45) is 4.99 Å². The second-order valence-electron chi connectivity index (χ2n) is 4.34. The average Bonchev–Trinajstić information content (AvgIpc) is 2.92. The van der Waals surface area contributed by atoms with Gasteiger partial charge in [-0.15, -0.1) is 35.3 Å². The molecule has 1 aliphatic heterocycles. The lowest BCUT2D eigenvalue weighted by atomic mass is 10.4. The van der Waals surface area contributed by atoms with E-state index in [0.717, 1.165) is 36.3 Å². The Morgan fingerprint density at radius 2 is 2.06 bits per heavy atom. The Balaban J connectivity index is 0.00000162. The van der Waals surface area contributed by atoms with Crippen LogP contribution >= 0.6 is 35.3 Å². The molecule has 1 aliphatic rings. The fraction of sp³-hybridized carbons (Fsp3) is 0.667. The highest BCUT2D eigenvalue weighted by molar-refractivity contribution is 14.0. The van der Waals surface area contributed by atoms with Gasteiger partial charge in [0.1, 0.15) is 5.01 Å². The number of nitrogens with one attached hydrogen (secondary N) is 1. The van der Waals surface area contributed by atoms with Gasteiger partial charge in [-0.25, -0.2) is 4.98 Å². The molecule has 0 bridgehead atoms. The van der Waals surface area contributed by atoms with E-state index in [1.807, 2.05) is 7.05 Å². The number of halogens is 1. The molecule has 1 aromatic rings. The third-order valence-corrected chi connectivity index (χ3v) is 4.16. The lowest BCUT2D eigenvalue weighted by molar-refractivity contribution is 0.493. The minimum absolute atomic E-state index is 0. The number of aliphatic imine (C=N–C) groups is 1. The number of guanidine groups is 1. The second-order valence-corrected chi connectivity index (χ2v) is 5.63. The third-order valence-electron chi connectivity index (χ3n) is 3.09. The van der Waals surface area contributed by atoms with Crippen LogP contribution in [0.1, 0.15) is 28.4 Å². The first-order valence-electron chi connectivity index (χ1n) is 6.09. The maximum absolute atomic E-state index is 4.53. The molecule has 1 fully saturated rings. The molecule has 2 rings (SSSR count). The van der Waals surface area contributed by atoms with Gasteiger partial charge in [-0.1, -0.05) is 0 Å². The molecule has 102 valence electrons. The number of aryl methyl sites for hydroxylation is 2. The van der Waals surface area contributed by atoms with E-state index in [4.69, 9.17) is 0 Å². The summed E-state index contributed by atoms with van der Waals surface area (Å²) in [5, 5.41) is 4.53. The van der Waals surface area contributed by atoms with E-state index in [1.165, 1.54) is 17.7 Å². The van der Waals surface area contributed by atoms with Crippen LogP contribution in [0.2, 0.25) is 0 Å². The van der Waals surface area contributed by atoms with Crippen LogP contribution in [0.15, 0.2) is 4.99 Å². The molecule has 2 heterocycles. The molecule has 1 aromatic heterocycles. The lowest BCUT2D eigenvalue weighted by Crippen LogP contribution is -2.39. The van der Waals surface area contributed by atoms with Crippen molar-refractivity contribution in [2.75, 3.05) is 20.1 Å². The second kappa shape index (κ2) is 7.28. The van der Waals surface area contributed by atoms with E-state index < -0.39 is 0 Å². The molecule has 0 spiro atoms. The standard InChI is InChI=1S/C12H20N4S.HI/c1-9-10(2)17-11(15-9)8-14-12(13-3)16-6-4-5-7-16;/h4-8H2,1-3H3,(H,13,14);1H. The van der Waals surface area contributed by atoms with Gasteiger partial charge in [-0.3, -0.25) is 4.99 Å². The van der Waals surface area contributed by atoms with E-state index >= 15 is 0 Å². The summed E-state index contributed by atoms with van der Waals surface area (Å²) in [7, 11) is 1.85. The largest absolute Gasteiger partial charge is 0.350 e. The van der Waals surface area contributed by atoms with Crippen LogP contribution in [0.3, 0.4) is 0 Å². The van der Waals surface area contributed by atoms with E-state index in [-0.39, 0.29) is 24.0 Å². The maximum atomic E-state index is 4.53. The zero-order valence-corrected chi connectivity index (χ0v) is 14.3. The third kappa shape index (κ3) is 3.81. The highest BCUT2D eigenvalue weighted by atomic mass is 127. The summed E-state index contributed by atoms with van der Waals surface area (Å²) in [5.41, 5.74) is 1.14. The fourth-order valence-corrected chi connectivity index (χ4v) is 2.90. The minimum atomic E-state index is 0. The molecule has 18 heavy (non-hydrogen) atoms. The number of aromatic nitrogens is 1. The van der Waals surface area contributed by atoms with Gasteiger partial charge in [0.25, 0.3) is 0 Å². The van der Waals surface area contributed by atoms with Crippen LogP contribution < -0.4 is 5.32 Å². The Hall–Kier alpha value is -0.370. The van der Waals surface area contributed by atoms with Crippen LogP contribution in [0.5, 0.6) is 0 Å². The highest BCUT2D eigenvalue weighted by Gasteiger charge is 2.15. The molecule has 0 unspecified atom stereocenters. The number of hydrogen-bond acceptors (Lipinski definition) is 3.